The molecule has 0 saturated heterocycles. The summed E-state index contributed by atoms with van der Waals surface area (Å²) >= 11 is 0. The molecule has 3 heteroatoms. The van der Waals surface area contributed by atoms with E-state index in [2.05, 4.69) is 51.0 Å². The second-order valence-corrected chi connectivity index (χ2v) is 6.08. The van der Waals surface area contributed by atoms with Crippen LogP contribution in [0.1, 0.15) is 37.6 Å². The number of rotatable bonds is 2. The Labute approximate surface area is 114 Å². The molecule has 1 aromatic heterocycles. The van der Waals surface area contributed by atoms with Gasteiger partial charge in [0.25, 0.3) is 0 Å². The number of benzene rings is 1. The lowest BCUT2D eigenvalue weighted by Gasteiger charge is -2.20. The molecule has 0 unspecified atom stereocenters. The van der Waals surface area contributed by atoms with E-state index in [4.69, 9.17) is 0 Å². The van der Waals surface area contributed by atoms with E-state index in [0.717, 1.165) is 5.69 Å². The highest BCUT2D eigenvalue weighted by molar-refractivity contribution is 5.65. The number of hydrogen-bond acceptors (Lipinski definition) is 2. The second-order valence-electron chi connectivity index (χ2n) is 6.08. The van der Waals surface area contributed by atoms with Gasteiger partial charge >= 0.3 is 0 Å². The van der Waals surface area contributed by atoms with Crippen molar-refractivity contribution < 1.29 is 5.11 Å². The van der Waals surface area contributed by atoms with E-state index >= 15 is 0 Å². The van der Waals surface area contributed by atoms with Crippen LogP contribution in [-0.4, -0.2) is 14.9 Å². The van der Waals surface area contributed by atoms with Crippen molar-refractivity contribution >= 4 is 0 Å². The second kappa shape index (κ2) is 4.82. The van der Waals surface area contributed by atoms with Gasteiger partial charge in [0.15, 0.2) is 0 Å². The molecule has 0 bridgehead atoms. The van der Waals surface area contributed by atoms with Crippen molar-refractivity contribution in [2.24, 2.45) is 7.05 Å². The predicted molar refractivity (Wildman–Crippen MR) is 78.0 cm³/mol. The third-order valence-electron chi connectivity index (χ3n) is 3.47. The summed E-state index contributed by atoms with van der Waals surface area (Å²) in [6, 6.07) is 8.52. The van der Waals surface area contributed by atoms with E-state index in [1.165, 1.54) is 16.7 Å². The minimum absolute atomic E-state index is 0.0220. The molecule has 1 aromatic carbocycles. The molecule has 0 spiro atoms. The molecule has 0 amide bonds. The van der Waals surface area contributed by atoms with Gasteiger partial charge in [0.05, 0.1) is 18.0 Å². The fraction of sp³-hybridized carbons (Fsp3) is 0.438. The Morgan fingerprint density at radius 2 is 1.89 bits per heavy atom. The number of aliphatic hydroxyl groups is 1. The van der Waals surface area contributed by atoms with Gasteiger partial charge in [0.1, 0.15) is 0 Å². The maximum absolute atomic E-state index is 9.20. The molecule has 2 aromatic rings. The monoisotopic (exact) mass is 258 g/mol. The normalized spacial score (nSPS) is 11.9. The van der Waals surface area contributed by atoms with Gasteiger partial charge in [0, 0.05) is 12.6 Å². The average molecular weight is 258 g/mol. The van der Waals surface area contributed by atoms with Crippen molar-refractivity contribution in [1.29, 1.82) is 0 Å². The lowest BCUT2D eigenvalue weighted by molar-refractivity contribution is 0.275. The van der Waals surface area contributed by atoms with Crippen molar-refractivity contribution in [1.82, 2.24) is 9.78 Å². The van der Waals surface area contributed by atoms with Crippen LogP contribution in [0.15, 0.2) is 24.3 Å². The standard InChI is InChI=1S/C16H22N2O/c1-11-6-7-12(16(2,3)4)8-14(11)15-9-13(10-19)17-18(15)5/h6-9,19H,10H2,1-5H3. The quantitative estimate of drug-likeness (QED) is 0.898. The van der Waals surface area contributed by atoms with E-state index in [9.17, 15) is 5.11 Å². The summed E-state index contributed by atoms with van der Waals surface area (Å²) in [6.07, 6.45) is 0. The van der Waals surface area contributed by atoms with Crippen LogP contribution < -0.4 is 0 Å². The molecule has 1 heterocycles. The molecule has 0 fully saturated rings. The highest BCUT2D eigenvalue weighted by Crippen LogP contribution is 2.30. The van der Waals surface area contributed by atoms with Gasteiger partial charge in [-0.2, -0.15) is 5.10 Å². The average Bonchev–Trinajstić information content (AvgIpc) is 2.69. The van der Waals surface area contributed by atoms with Crippen LogP contribution in [0.25, 0.3) is 11.3 Å². The van der Waals surface area contributed by atoms with Crippen LogP contribution in [0, 0.1) is 6.92 Å². The number of aliphatic hydroxyl groups excluding tert-OH is 1. The zero-order valence-electron chi connectivity index (χ0n) is 12.4. The number of aromatic nitrogens is 2. The Morgan fingerprint density at radius 3 is 2.42 bits per heavy atom. The van der Waals surface area contributed by atoms with Gasteiger partial charge < -0.3 is 5.11 Å². The van der Waals surface area contributed by atoms with Crippen molar-refractivity contribution in [3.63, 3.8) is 0 Å². The summed E-state index contributed by atoms with van der Waals surface area (Å²) in [5, 5.41) is 13.5. The van der Waals surface area contributed by atoms with E-state index in [1.807, 2.05) is 17.8 Å². The van der Waals surface area contributed by atoms with Gasteiger partial charge in [-0.3, -0.25) is 4.68 Å². The highest BCUT2D eigenvalue weighted by atomic mass is 16.3. The fourth-order valence-corrected chi connectivity index (χ4v) is 2.22. The Bertz CT molecular complexity index is 591. The Balaban J connectivity index is 2.57. The maximum Gasteiger partial charge on any atom is 0.0885 e. The first kappa shape index (κ1) is 13.8. The number of aryl methyl sites for hydroxylation is 2. The van der Waals surface area contributed by atoms with Crippen molar-refractivity contribution in [2.75, 3.05) is 0 Å². The molecular weight excluding hydrogens is 236 g/mol. The molecule has 3 nitrogen and oxygen atoms in total. The third-order valence-corrected chi connectivity index (χ3v) is 3.47. The highest BCUT2D eigenvalue weighted by Gasteiger charge is 2.16. The topological polar surface area (TPSA) is 38.1 Å². The SMILES string of the molecule is Cc1ccc(C(C)(C)C)cc1-c1cc(CO)nn1C. The van der Waals surface area contributed by atoms with Crippen molar-refractivity contribution in [3.8, 4) is 11.3 Å². The summed E-state index contributed by atoms with van der Waals surface area (Å²) in [7, 11) is 1.91. The van der Waals surface area contributed by atoms with Crippen LogP contribution in [0.4, 0.5) is 0 Å². The summed E-state index contributed by atoms with van der Waals surface area (Å²) in [4.78, 5) is 0. The Morgan fingerprint density at radius 1 is 1.21 bits per heavy atom. The van der Waals surface area contributed by atoms with E-state index in [-0.39, 0.29) is 12.0 Å². The fourth-order valence-electron chi connectivity index (χ4n) is 2.22. The number of hydrogen-bond donors (Lipinski definition) is 1. The summed E-state index contributed by atoms with van der Waals surface area (Å²) in [5.74, 6) is 0. The number of nitrogens with zero attached hydrogens (tertiary/aromatic N) is 2. The molecule has 0 aliphatic rings. The molecule has 0 saturated carbocycles. The molecule has 2 rings (SSSR count). The minimum atomic E-state index is -0.0220. The van der Waals surface area contributed by atoms with Gasteiger partial charge in [-0.1, -0.05) is 32.9 Å². The van der Waals surface area contributed by atoms with Gasteiger partial charge in [-0.25, -0.2) is 0 Å². The molecule has 102 valence electrons. The van der Waals surface area contributed by atoms with Gasteiger partial charge in [-0.05, 0) is 35.6 Å². The van der Waals surface area contributed by atoms with E-state index in [0.29, 0.717) is 5.69 Å². The Hall–Kier alpha value is -1.61. The molecule has 0 radical (unpaired) electrons. The van der Waals surface area contributed by atoms with E-state index in [1.54, 1.807) is 0 Å². The summed E-state index contributed by atoms with van der Waals surface area (Å²) < 4.78 is 1.83. The maximum atomic E-state index is 9.20. The van der Waals surface area contributed by atoms with Crippen LogP contribution in [0.2, 0.25) is 0 Å². The smallest absolute Gasteiger partial charge is 0.0885 e. The zero-order chi connectivity index (χ0) is 14.2. The summed E-state index contributed by atoms with van der Waals surface area (Å²) in [5.41, 5.74) is 5.59. The first-order valence-electron chi connectivity index (χ1n) is 6.58. The van der Waals surface area contributed by atoms with Crippen molar-refractivity contribution in [2.45, 2.75) is 39.7 Å². The first-order chi connectivity index (χ1) is 8.82. The Kier molecular flexibility index (Phi) is 3.50. The molecule has 1 N–H and O–H groups in total. The molecule has 0 aliphatic carbocycles. The van der Waals surface area contributed by atoms with E-state index < -0.39 is 0 Å². The predicted octanol–water partition coefficient (Wildman–Crippen LogP) is 3.19. The molecule has 0 atom stereocenters. The zero-order valence-corrected chi connectivity index (χ0v) is 12.4. The lowest BCUT2D eigenvalue weighted by Crippen LogP contribution is -2.11. The van der Waals surface area contributed by atoms with Crippen LogP contribution in [0.5, 0.6) is 0 Å². The molecule has 0 aliphatic heterocycles. The third kappa shape index (κ3) is 2.71. The van der Waals surface area contributed by atoms with Crippen LogP contribution in [0.3, 0.4) is 0 Å². The molecule has 19 heavy (non-hydrogen) atoms. The molecular formula is C16H22N2O. The van der Waals surface area contributed by atoms with Gasteiger partial charge in [-0.15, -0.1) is 0 Å². The van der Waals surface area contributed by atoms with Crippen LogP contribution >= 0.6 is 0 Å². The van der Waals surface area contributed by atoms with Gasteiger partial charge in [0.2, 0.25) is 0 Å². The van der Waals surface area contributed by atoms with Crippen molar-refractivity contribution in [3.05, 3.63) is 41.1 Å². The van der Waals surface area contributed by atoms with Crippen LogP contribution in [-0.2, 0) is 19.1 Å². The first-order valence-corrected chi connectivity index (χ1v) is 6.58. The lowest BCUT2D eigenvalue weighted by atomic mass is 9.85. The largest absolute Gasteiger partial charge is 0.390 e. The minimum Gasteiger partial charge on any atom is -0.390 e. The summed E-state index contributed by atoms with van der Waals surface area (Å²) in [6.45, 7) is 8.72.